The summed E-state index contributed by atoms with van der Waals surface area (Å²) in [7, 11) is 0. The second-order valence-corrected chi connectivity index (χ2v) is 7.63. The summed E-state index contributed by atoms with van der Waals surface area (Å²) in [4.78, 5) is 35.9. The monoisotopic (exact) mass is 489 g/mol. The van der Waals surface area contributed by atoms with E-state index in [0.717, 1.165) is 11.1 Å². The topological polar surface area (TPSA) is 132 Å². The Balaban J connectivity index is 1.63. The van der Waals surface area contributed by atoms with Gasteiger partial charge in [-0.05, 0) is 56.2 Å². The van der Waals surface area contributed by atoms with Crippen molar-refractivity contribution in [3.63, 3.8) is 0 Å². The third-order valence-electron chi connectivity index (χ3n) is 5.08. The number of hydrogen-bond acceptors (Lipinski definition) is 9. The Kier molecular flexibility index (Phi) is 5.84. The van der Waals surface area contributed by atoms with Gasteiger partial charge in [-0.25, -0.2) is 14.6 Å². The average molecular weight is 489 g/mol. The Bertz CT molecular complexity index is 1490. The van der Waals surface area contributed by atoms with Gasteiger partial charge in [-0.3, -0.25) is 0 Å². The van der Waals surface area contributed by atoms with Gasteiger partial charge in [0.2, 0.25) is 5.95 Å². The highest BCUT2D eigenvalue weighted by atomic mass is 19.4. The normalized spacial score (nSPS) is 11.5. The molecule has 0 spiro atoms. The number of phenols is 1. The molecule has 13 heteroatoms. The van der Waals surface area contributed by atoms with E-state index in [2.05, 4.69) is 25.4 Å². The van der Waals surface area contributed by atoms with Crippen LogP contribution in [0.2, 0.25) is 0 Å². The minimum atomic E-state index is -5.30. The minimum absolute atomic E-state index is 0.0909. The number of oxazole rings is 1. The molecule has 35 heavy (non-hydrogen) atoms. The molecule has 2 aromatic heterocycles. The summed E-state index contributed by atoms with van der Waals surface area (Å²) in [5.41, 5.74) is 2.83. The fraction of sp³-hybridized carbons (Fsp3) is 0.182. The van der Waals surface area contributed by atoms with Gasteiger partial charge < -0.3 is 25.0 Å². The lowest BCUT2D eigenvalue weighted by Crippen LogP contribution is -2.36. The van der Waals surface area contributed by atoms with E-state index in [4.69, 9.17) is 4.42 Å². The van der Waals surface area contributed by atoms with Gasteiger partial charge in [0.15, 0.2) is 5.58 Å². The SMILES string of the molecule is Cc1cnc(Nc2cc(C)c(C)c(O)c2)nc1Nc1ccc2oc(=O)n(OC(=O)C(F)(F)F)c2c1. The van der Waals surface area contributed by atoms with Gasteiger partial charge in [0, 0.05) is 29.2 Å². The Morgan fingerprint density at radius 3 is 2.51 bits per heavy atom. The summed E-state index contributed by atoms with van der Waals surface area (Å²) in [5.74, 6) is -3.19. The van der Waals surface area contributed by atoms with Crippen LogP contribution in [0, 0.1) is 20.8 Å². The van der Waals surface area contributed by atoms with Crippen LogP contribution in [0.1, 0.15) is 16.7 Å². The third-order valence-corrected chi connectivity index (χ3v) is 5.08. The summed E-state index contributed by atoms with van der Waals surface area (Å²) in [6.45, 7) is 5.37. The number of fused-ring (bicyclic) bond motifs is 1. The quantitative estimate of drug-likeness (QED) is 0.380. The first-order valence-corrected chi connectivity index (χ1v) is 10.1. The lowest BCUT2D eigenvalue weighted by molar-refractivity contribution is -0.200. The fourth-order valence-corrected chi connectivity index (χ4v) is 3.10. The predicted molar refractivity (Wildman–Crippen MR) is 119 cm³/mol. The molecule has 0 unspecified atom stereocenters. The molecule has 0 aliphatic rings. The van der Waals surface area contributed by atoms with E-state index in [1.807, 2.05) is 13.0 Å². The van der Waals surface area contributed by atoms with Gasteiger partial charge in [0.1, 0.15) is 17.1 Å². The second-order valence-electron chi connectivity index (χ2n) is 7.63. The zero-order chi connectivity index (χ0) is 25.5. The minimum Gasteiger partial charge on any atom is -0.508 e. The molecule has 0 fully saturated rings. The molecular formula is C22H18F3N5O5. The van der Waals surface area contributed by atoms with Crippen molar-refractivity contribution in [2.45, 2.75) is 26.9 Å². The first-order chi connectivity index (χ1) is 16.4. The van der Waals surface area contributed by atoms with Gasteiger partial charge in [-0.15, -0.1) is 0 Å². The zero-order valence-corrected chi connectivity index (χ0v) is 18.5. The molecule has 0 aliphatic heterocycles. The molecule has 0 bridgehead atoms. The smallest absolute Gasteiger partial charge is 0.493 e. The van der Waals surface area contributed by atoms with Crippen molar-refractivity contribution in [2.75, 3.05) is 10.6 Å². The number of rotatable bonds is 5. The summed E-state index contributed by atoms with van der Waals surface area (Å²) in [6.07, 6.45) is -3.76. The number of nitrogens with zero attached hydrogens (tertiary/aromatic N) is 3. The van der Waals surface area contributed by atoms with Crippen molar-refractivity contribution in [2.24, 2.45) is 0 Å². The molecule has 182 valence electrons. The number of carbonyl (C=O) groups is 1. The van der Waals surface area contributed by atoms with E-state index in [-0.39, 0.29) is 27.5 Å². The van der Waals surface area contributed by atoms with Gasteiger partial charge in [-0.1, -0.05) is 4.73 Å². The molecule has 0 atom stereocenters. The molecule has 4 rings (SSSR count). The summed E-state index contributed by atoms with van der Waals surface area (Å²) in [5, 5.41) is 16.0. The molecule has 0 aliphatic carbocycles. The maximum atomic E-state index is 12.6. The van der Waals surface area contributed by atoms with Crippen molar-refractivity contribution in [3.05, 3.63) is 63.8 Å². The summed E-state index contributed by atoms with van der Waals surface area (Å²) in [6, 6.07) is 7.44. The van der Waals surface area contributed by atoms with Gasteiger partial charge >= 0.3 is 17.9 Å². The molecule has 0 saturated heterocycles. The summed E-state index contributed by atoms with van der Waals surface area (Å²) >= 11 is 0. The maximum Gasteiger partial charge on any atom is 0.493 e. The molecule has 0 amide bonds. The maximum absolute atomic E-state index is 12.6. The number of aromatic hydroxyl groups is 1. The Hall–Kier alpha value is -4.55. The van der Waals surface area contributed by atoms with Crippen LogP contribution in [-0.4, -0.2) is 32.0 Å². The van der Waals surface area contributed by atoms with Crippen LogP contribution in [0.25, 0.3) is 11.1 Å². The number of halogens is 3. The Labute approximate surface area is 194 Å². The predicted octanol–water partition coefficient (Wildman–Crippen LogP) is 4.02. The van der Waals surface area contributed by atoms with Crippen molar-refractivity contribution in [1.82, 2.24) is 14.7 Å². The Morgan fingerprint density at radius 1 is 1.09 bits per heavy atom. The first-order valence-electron chi connectivity index (χ1n) is 10.1. The highest BCUT2D eigenvalue weighted by Gasteiger charge is 2.42. The largest absolute Gasteiger partial charge is 0.508 e. The molecule has 2 heterocycles. The van der Waals surface area contributed by atoms with Gasteiger partial charge in [0.05, 0.1) is 0 Å². The third kappa shape index (κ3) is 4.88. The standard InChI is InChI=1S/C22H18F3N5O5/c1-10-6-14(8-16(31)12(10)3)28-20-26-9-11(2)18(29-20)27-13-4-5-17-15(7-13)30(21(33)34-17)35-19(32)22(23,24)25/h4-9,31H,1-3H3,(H2,26,27,28,29). The molecule has 10 nitrogen and oxygen atoms in total. The molecular weight excluding hydrogens is 471 g/mol. The molecule has 2 aromatic carbocycles. The lowest BCUT2D eigenvalue weighted by Gasteiger charge is -2.13. The number of aryl methyl sites for hydroxylation is 2. The van der Waals surface area contributed by atoms with Crippen molar-refractivity contribution in [1.29, 1.82) is 0 Å². The van der Waals surface area contributed by atoms with Gasteiger partial charge in [0.25, 0.3) is 0 Å². The zero-order valence-electron chi connectivity index (χ0n) is 18.5. The van der Waals surface area contributed by atoms with Crippen molar-refractivity contribution in [3.8, 4) is 5.75 Å². The number of anilines is 4. The number of nitrogens with one attached hydrogen (secondary N) is 2. The first kappa shape index (κ1) is 23.6. The van der Waals surface area contributed by atoms with Crippen LogP contribution in [0.15, 0.2) is 45.7 Å². The van der Waals surface area contributed by atoms with E-state index in [0.29, 0.717) is 22.8 Å². The van der Waals surface area contributed by atoms with E-state index >= 15 is 0 Å². The average Bonchev–Trinajstić information content (AvgIpc) is 3.08. The summed E-state index contributed by atoms with van der Waals surface area (Å²) < 4.78 is 42.7. The van der Waals surface area contributed by atoms with E-state index in [1.165, 1.54) is 30.5 Å². The fourth-order valence-electron chi connectivity index (χ4n) is 3.10. The number of phenolic OH excluding ortho intramolecular Hbond substituents is 1. The second kappa shape index (κ2) is 8.66. The van der Waals surface area contributed by atoms with Crippen molar-refractivity contribution < 1.29 is 32.3 Å². The molecule has 0 radical (unpaired) electrons. The number of hydrogen-bond donors (Lipinski definition) is 3. The van der Waals surface area contributed by atoms with E-state index in [9.17, 15) is 27.9 Å². The number of aromatic nitrogens is 3. The molecule has 4 aromatic rings. The van der Waals surface area contributed by atoms with Crippen LogP contribution in [0.4, 0.5) is 36.3 Å². The number of benzene rings is 2. The number of alkyl halides is 3. The van der Waals surface area contributed by atoms with E-state index < -0.39 is 17.9 Å². The number of carbonyl (C=O) groups excluding carboxylic acids is 1. The lowest BCUT2D eigenvalue weighted by atomic mass is 10.1. The Morgan fingerprint density at radius 2 is 1.83 bits per heavy atom. The van der Waals surface area contributed by atoms with Crippen LogP contribution in [0.5, 0.6) is 5.75 Å². The van der Waals surface area contributed by atoms with Crippen LogP contribution >= 0.6 is 0 Å². The van der Waals surface area contributed by atoms with Crippen molar-refractivity contribution >= 4 is 40.2 Å². The van der Waals surface area contributed by atoms with Crippen LogP contribution in [-0.2, 0) is 4.79 Å². The highest BCUT2D eigenvalue weighted by molar-refractivity contribution is 5.81. The van der Waals surface area contributed by atoms with Crippen LogP contribution < -0.4 is 21.2 Å². The van der Waals surface area contributed by atoms with Crippen LogP contribution in [0.3, 0.4) is 0 Å². The van der Waals surface area contributed by atoms with Gasteiger partial charge in [-0.2, -0.15) is 18.2 Å². The molecule has 0 saturated carbocycles. The molecule has 3 N–H and O–H groups in total. The highest BCUT2D eigenvalue weighted by Crippen LogP contribution is 2.28. The van der Waals surface area contributed by atoms with E-state index in [1.54, 1.807) is 13.8 Å².